The van der Waals surface area contributed by atoms with E-state index in [0.29, 0.717) is 30.1 Å². The third-order valence-corrected chi connectivity index (χ3v) is 5.12. The Balaban J connectivity index is 2.04. The highest BCUT2D eigenvalue weighted by Gasteiger charge is 2.43. The average Bonchev–Trinajstić information content (AvgIpc) is 2.61. The van der Waals surface area contributed by atoms with Crippen molar-refractivity contribution in [2.45, 2.75) is 38.3 Å². The van der Waals surface area contributed by atoms with Crippen LogP contribution in [0.25, 0.3) is 0 Å². The van der Waals surface area contributed by atoms with Crippen molar-refractivity contribution >= 4 is 17.8 Å². The minimum atomic E-state index is -0.487. The van der Waals surface area contributed by atoms with Gasteiger partial charge in [-0.1, -0.05) is 0 Å². The van der Waals surface area contributed by atoms with Gasteiger partial charge in [0, 0.05) is 12.6 Å². The Morgan fingerprint density at radius 2 is 2.15 bits per heavy atom. The molecule has 142 valence electrons. The standard InChI is InChI=1S/C19H23FN5O2/c1-19(22)6-3-7-24(12-19)16-9-17(26)23(2)18(27)25(16)11-14-8-15(20)5-4-13(14)10-21/h4-5,8H,3,6-7,9,11-12,22H2,1-2H3/q+1/t19-/m1/s1. The number of amidine groups is 1. The van der Waals surface area contributed by atoms with Crippen LogP contribution in [0.4, 0.5) is 9.18 Å². The summed E-state index contributed by atoms with van der Waals surface area (Å²) in [5.74, 6) is -0.213. The molecule has 0 saturated carbocycles. The molecule has 2 aliphatic rings. The number of piperidine rings is 1. The molecule has 27 heavy (non-hydrogen) atoms. The summed E-state index contributed by atoms with van der Waals surface area (Å²) < 4.78 is 15.7. The summed E-state index contributed by atoms with van der Waals surface area (Å²) in [6.45, 7) is 3.18. The number of nitriles is 1. The molecule has 1 aromatic rings. The van der Waals surface area contributed by atoms with Gasteiger partial charge in [0.15, 0.2) is 0 Å². The Kier molecular flexibility index (Phi) is 4.98. The molecule has 2 saturated heterocycles. The van der Waals surface area contributed by atoms with Crippen LogP contribution in [0.2, 0.25) is 0 Å². The number of hydrogen-bond acceptors (Lipinski definition) is 4. The van der Waals surface area contributed by atoms with Crippen LogP contribution >= 0.6 is 0 Å². The second-order valence-electron chi connectivity index (χ2n) is 7.51. The lowest BCUT2D eigenvalue weighted by atomic mass is 9.93. The largest absolute Gasteiger partial charge is 0.417 e. The van der Waals surface area contributed by atoms with Crippen LogP contribution < -0.4 is 5.73 Å². The predicted octanol–water partition coefficient (Wildman–Crippen LogP) is 1.40. The number of hydrogen-bond donors (Lipinski definition) is 1. The van der Waals surface area contributed by atoms with E-state index in [1.165, 1.54) is 30.1 Å². The fourth-order valence-electron chi connectivity index (χ4n) is 3.65. The first kappa shape index (κ1) is 19.0. The molecule has 0 spiro atoms. The van der Waals surface area contributed by atoms with Gasteiger partial charge < -0.3 is 5.73 Å². The molecular weight excluding hydrogens is 349 g/mol. The Labute approximate surface area is 157 Å². The molecular formula is C19H23FN5O2+. The van der Waals surface area contributed by atoms with E-state index in [1.54, 1.807) is 0 Å². The zero-order valence-corrected chi connectivity index (χ0v) is 15.5. The first-order valence-corrected chi connectivity index (χ1v) is 8.88. The lowest BCUT2D eigenvalue weighted by Gasteiger charge is -2.34. The SMILES string of the molecule is CN1C(=O)CC(=[N+]2CCC[C@@](C)(N)C2)N(Cc2cc(F)ccc2C#N)C1=O. The first-order valence-electron chi connectivity index (χ1n) is 8.88. The van der Waals surface area contributed by atoms with Gasteiger partial charge in [-0.15, -0.1) is 0 Å². The van der Waals surface area contributed by atoms with Gasteiger partial charge in [-0.25, -0.2) is 14.1 Å². The second kappa shape index (κ2) is 7.08. The third kappa shape index (κ3) is 3.83. The fraction of sp³-hybridized carbons (Fsp3) is 0.474. The fourth-order valence-corrected chi connectivity index (χ4v) is 3.65. The Bertz CT molecular complexity index is 871. The second-order valence-corrected chi connectivity index (χ2v) is 7.51. The molecule has 1 atom stereocenters. The number of benzene rings is 1. The highest BCUT2D eigenvalue weighted by atomic mass is 19.1. The maximum Gasteiger partial charge on any atom is 0.417 e. The Hall–Kier alpha value is -2.79. The lowest BCUT2D eigenvalue weighted by molar-refractivity contribution is -0.551. The Morgan fingerprint density at radius 3 is 2.81 bits per heavy atom. The number of nitrogens with zero attached hydrogens (tertiary/aromatic N) is 4. The molecule has 2 aliphatic heterocycles. The number of halogens is 1. The van der Waals surface area contributed by atoms with E-state index in [1.807, 2.05) is 17.6 Å². The van der Waals surface area contributed by atoms with Crippen molar-refractivity contribution in [2.24, 2.45) is 5.73 Å². The minimum absolute atomic E-state index is 0.0181. The van der Waals surface area contributed by atoms with Gasteiger partial charge >= 0.3 is 6.03 Å². The number of nitrogens with two attached hydrogens (primary N) is 1. The smallest absolute Gasteiger partial charge is 0.322 e. The third-order valence-electron chi connectivity index (χ3n) is 5.12. The van der Waals surface area contributed by atoms with Gasteiger partial charge in [-0.3, -0.25) is 9.37 Å². The highest BCUT2D eigenvalue weighted by molar-refractivity contribution is 6.14. The molecule has 0 aromatic heterocycles. The van der Waals surface area contributed by atoms with Crippen molar-refractivity contribution in [2.75, 3.05) is 20.1 Å². The van der Waals surface area contributed by atoms with Gasteiger partial charge in [0.1, 0.15) is 25.3 Å². The molecule has 0 bridgehead atoms. The van der Waals surface area contributed by atoms with Gasteiger partial charge in [-0.05, 0) is 38.0 Å². The molecule has 7 nitrogen and oxygen atoms in total. The van der Waals surface area contributed by atoms with E-state index in [4.69, 9.17) is 5.73 Å². The molecule has 0 unspecified atom stereocenters. The zero-order chi connectivity index (χ0) is 19.8. The molecule has 1 aromatic carbocycles. The summed E-state index contributed by atoms with van der Waals surface area (Å²) in [6, 6.07) is 5.40. The van der Waals surface area contributed by atoms with Crippen LogP contribution in [0.5, 0.6) is 0 Å². The molecule has 3 rings (SSSR count). The van der Waals surface area contributed by atoms with Crippen molar-refractivity contribution in [1.29, 1.82) is 5.26 Å². The van der Waals surface area contributed by atoms with Crippen LogP contribution in [0.3, 0.4) is 0 Å². The number of carbonyl (C=O) groups excluding carboxylic acids is 2. The van der Waals surface area contributed by atoms with E-state index in [9.17, 15) is 19.2 Å². The number of rotatable bonds is 2. The van der Waals surface area contributed by atoms with E-state index in [-0.39, 0.29) is 18.9 Å². The predicted molar refractivity (Wildman–Crippen MR) is 96.3 cm³/mol. The summed E-state index contributed by atoms with van der Waals surface area (Å²) in [5.41, 5.74) is 6.57. The molecule has 8 heteroatoms. The van der Waals surface area contributed by atoms with E-state index in [2.05, 4.69) is 0 Å². The first-order chi connectivity index (χ1) is 12.7. The van der Waals surface area contributed by atoms with Crippen molar-refractivity contribution in [1.82, 2.24) is 9.80 Å². The summed E-state index contributed by atoms with van der Waals surface area (Å²) in [6.07, 6.45) is 1.78. The highest BCUT2D eigenvalue weighted by Crippen LogP contribution is 2.22. The van der Waals surface area contributed by atoms with Crippen LogP contribution in [-0.2, 0) is 11.3 Å². The molecule has 0 aliphatic carbocycles. The van der Waals surface area contributed by atoms with E-state index >= 15 is 0 Å². The maximum absolute atomic E-state index is 13.7. The zero-order valence-electron chi connectivity index (χ0n) is 15.5. The number of carbonyl (C=O) groups is 2. The minimum Gasteiger partial charge on any atom is -0.322 e. The van der Waals surface area contributed by atoms with Gasteiger partial charge in [0.05, 0.1) is 23.7 Å². The lowest BCUT2D eigenvalue weighted by Crippen LogP contribution is -2.58. The van der Waals surface area contributed by atoms with E-state index in [0.717, 1.165) is 17.7 Å². The van der Waals surface area contributed by atoms with Crippen molar-refractivity contribution in [3.8, 4) is 6.07 Å². The maximum atomic E-state index is 13.7. The number of imide groups is 1. The summed E-state index contributed by atoms with van der Waals surface area (Å²) >= 11 is 0. The van der Waals surface area contributed by atoms with Crippen LogP contribution in [0, 0.1) is 17.1 Å². The normalized spacial score (nSPS) is 26.3. The molecule has 2 N–H and O–H groups in total. The monoisotopic (exact) mass is 372 g/mol. The summed E-state index contributed by atoms with van der Waals surface area (Å²) in [4.78, 5) is 27.6. The number of amides is 3. The summed E-state index contributed by atoms with van der Waals surface area (Å²) in [7, 11) is 1.43. The molecule has 2 fully saturated rings. The van der Waals surface area contributed by atoms with Crippen LogP contribution in [0.1, 0.15) is 37.3 Å². The molecule has 3 amide bonds. The van der Waals surface area contributed by atoms with Crippen molar-refractivity contribution < 1.29 is 18.6 Å². The van der Waals surface area contributed by atoms with Gasteiger partial charge in [0.2, 0.25) is 5.91 Å². The number of urea groups is 1. The van der Waals surface area contributed by atoms with Crippen LogP contribution in [0.15, 0.2) is 18.2 Å². The van der Waals surface area contributed by atoms with E-state index < -0.39 is 17.4 Å². The topological polar surface area (TPSA) is 93.4 Å². The quantitative estimate of drug-likeness (QED) is 0.794. The molecule has 0 radical (unpaired) electrons. The summed E-state index contributed by atoms with van der Waals surface area (Å²) in [5, 5.41) is 9.31. The molecule has 2 heterocycles. The average molecular weight is 372 g/mol. The Morgan fingerprint density at radius 1 is 1.41 bits per heavy atom. The van der Waals surface area contributed by atoms with Gasteiger partial charge in [-0.2, -0.15) is 10.2 Å². The van der Waals surface area contributed by atoms with Crippen molar-refractivity contribution in [3.05, 3.63) is 35.1 Å². The van der Waals surface area contributed by atoms with Gasteiger partial charge in [0.25, 0.3) is 5.84 Å². The van der Waals surface area contributed by atoms with Crippen LogP contribution in [-0.4, -0.2) is 57.8 Å². The van der Waals surface area contributed by atoms with Crippen molar-refractivity contribution in [3.63, 3.8) is 0 Å².